The van der Waals surface area contributed by atoms with E-state index in [0.29, 0.717) is 0 Å². The van der Waals surface area contributed by atoms with E-state index >= 15 is 0 Å². The predicted molar refractivity (Wildman–Crippen MR) is 88.3 cm³/mol. The molecule has 0 saturated heterocycles. The van der Waals surface area contributed by atoms with Crippen LogP contribution in [0.2, 0.25) is 0 Å². The summed E-state index contributed by atoms with van der Waals surface area (Å²) in [4.78, 5) is 2.67. The Bertz CT molecular complexity index is 577. The first kappa shape index (κ1) is 13.8. The molecule has 0 aliphatic heterocycles. The Morgan fingerprint density at radius 1 is 1.37 bits per heavy atom. The van der Waals surface area contributed by atoms with Gasteiger partial charge in [0.2, 0.25) is 0 Å². The molecule has 2 rings (SSSR count). The van der Waals surface area contributed by atoms with Crippen LogP contribution in [0.1, 0.15) is 36.4 Å². The smallest absolute Gasteiger partial charge is 0.0349 e. The topological polar surface area (TPSA) is 0 Å². The first-order chi connectivity index (χ1) is 9.24. The molecular weight excluding hydrogens is 248 g/mol. The van der Waals surface area contributed by atoms with Crippen molar-refractivity contribution in [3.05, 3.63) is 70.5 Å². The number of hydrogen-bond donors (Lipinski definition) is 0. The van der Waals surface area contributed by atoms with Crippen molar-refractivity contribution < 1.29 is 0 Å². The Labute approximate surface area is 120 Å². The number of hydrogen-bond acceptors (Lipinski definition) is 1. The van der Waals surface area contributed by atoms with E-state index in [1.165, 1.54) is 26.5 Å². The summed E-state index contributed by atoms with van der Waals surface area (Å²) in [6.45, 7) is 8.11. The molecule has 0 radical (unpaired) electrons. The summed E-state index contributed by atoms with van der Waals surface area (Å²) in [5, 5.41) is 0. The second-order valence-electron chi connectivity index (χ2n) is 4.67. The molecule has 0 bridgehead atoms. The van der Waals surface area contributed by atoms with Crippen molar-refractivity contribution in [1.82, 2.24) is 0 Å². The van der Waals surface area contributed by atoms with E-state index in [-0.39, 0.29) is 0 Å². The van der Waals surface area contributed by atoms with Crippen LogP contribution in [-0.2, 0) is 0 Å². The lowest BCUT2D eigenvalue weighted by molar-refractivity contribution is 1.04. The lowest BCUT2D eigenvalue weighted by Gasteiger charge is -2.09. The van der Waals surface area contributed by atoms with E-state index < -0.39 is 0 Å². The molecule has 0 atom stereocenters. The van der Waals surface area contributed by atoms with Crippen molar-refractivity contribution in [2.75, 3.05) is 0 Å². The average molecular weight is 268 g/mol. The highest BCUT2D eigenvalue weighted by Crippen LogP contribution is 2.34. The Hall–Kier alpha value is -1.60. The van der Waals surface area contributed by atoms with Gasteiger partial charge in [0.1, 0.15) is 0 Å². The van der Waals surface area contributed by atoms with Gasteiger partial charge in [-0.15, -0.1) is 11.3 Å². The normalized spacial score (nSPS) is 16.4. The van der Waals surface area contributed by atoms with Gasteiger partial charge in [-0.1, -0.05) is 48.6 Å². The van der Waals surface area contributed by atoms with E-state index in [9.17, 15) is 0 Å². The molecule has 1 aliphatic carbocycles. The molecule has 98 valence electrons. The van der Waals surface area contributed by atoms with Crippen LogP contribution in [0.25, 0.3) is 11.1 Å². The fraction of sp³-hybridized carbons (Fsp3) is 0.222. The van der Waals surface area contributed by atoms with Crippen LogP contribution in [0.15, 0.2) is 60.7 Å². The highest BCUT2D eigenvalue weighted by Gasteiger charge is 2.09. The minimum Gasteiger partial charge on any atom is -0.136 e. The number of rotatable bonds is 4. The van der Waals surface area contributed by atoms with Gasteiger partial charge in [0.05, 0.1) is 0 Å². The minimum atomic E-state index is 1.15. The molecule has 0 saturated carbocycles. The lowest BCUT2D eigenvalue weighted by Crippen LogP contribution is -1.87. The average Bonchev–Trinajstić information content (AvgIpc) is 2.89. The second-order valence-corrected chi connectivity index (χ2v) is 5.76. The van der Waals surface area contributed by atoms with Gasteiger partial charge < -0.3 is 0 Å². The maximum absolute atomic E-state index is 3.90. The van der Waals surface area contributed by atoms with E-state index in [0.717, 1.165) is 12.8 Å². The van der Waals surface area contributed by atoms with E-state index in [1.807, 2.05) is 30.4 Å². The molecule has 0 N–H and O–H groups in total. The summed E-state index contributed by atoms with van der Waals surface area (Å²) in [7, 11) is 0. The summed E-state index contributed by atoms with van der Waals surface area (Å²) in [5.41, 5.74) is 4.04. The van der Waals surface area contributed by atoms with Crippen LogP contribution in [0.3, 0.4) is 0 Å². The summed E-state index contributed by atoms with van der Waals surface area (Å²) in [5.74, 6) is 0. The minimum absolute atomic E-state index is 1.15. The summed E-state index contributed by atoms with van der Waals surface area (Å²) in [6, 6.07) is 4.43. The third kappa shape index (κ3) is 3.45. The van der Waals surface area contributed by atoms with E-state index in [1.54, 1.807) is 0 Å². The van der Waals surface area contributed by atoms with Gasteiger partial charge in [0.25, 0.3) is 0 Å². The Balaban J connectivity index is 2.28. The van der Waals surface area contributed by atoms with Crippen molar-refractivity contribution >= 4 is 22.5 Å². The molecule has 1 aromatic rings. The number of thiophene rings is 1. The molecule has 1 aliphatic rings. The molecule has 1 aromatic heterocycles. The van der Waals surface area contributed by atoms with Gasteiger partial charge in [0, 0.05) is 9.75 Å². The van der Waals surface area contributed by atoms with Crippen molar-refractivity contribution in [2.24, 2.45) is 0 Å². The van der Waals surface area contributed by atoms with Crippen LogP contribution >= 0.6 is 11.3 Å². The summed E-state index contributed by atoms with van der Waals surface area (Å²) in [6.07, 6.45) is 15.1. The SMILES string of the molecule is C=C/C(=C\C=C/C)c1ccc(C2=CC(C)=CCC2)s1. The molecule has 0 fully saturated rings. The van der Waals surface area contributed by atoms with Gasteiger partial charge in [0.15, 0.2) is 0 Å². The Kier molecular flexibility index (Phi) is 4.75. The van der Waals surface area contributed by atoms with Crippen molar-refractivity contribution in [2.45, 2.75) is 26.7 Å². The van der Waals surface area contributed by atoms with Gasteiger partial charge in [-0.05, 0) is 50.0 Å². The Morgan fingerprint density at radius 3 is 2.89 bits per heavy atom. The van der Waals surface area contributed by atoms with Crippen molar-refractivity contribution in [1.29, 1.82) is 0 Å². The van der Waals surface area contributed by atoms with Gasteiger partial charge >= 0.3 is 0 Å². The fourth-order valence-electron chi connectivity index (χ4n) is 2.17. The first-order valence-electron chi connectivity index (χ1n) is 6.68. The highest BCUT2D eigenvalue weighted by atomic mass is 32.1. The largest absolute Gasteiger partial charge is 0.136 e. The zero-order valence-electron chi connectivity index (χ0n) is 11.6. The van der Waals surface area contributed by atoms with Crippen LogP contribution in [0, 0.1) is 0 Å². The fourth-order valence-corrected chi connectivity index (χ4v) is 3.24. The Morgan fingerprint density at radius 2 is 2.21 bits per heavy atom. The van der Waals surface area contributed by atoms with E-state index in [4.69, 9.17) is 0 Å². The molecule has 0 nitrogen and oxygen atoms in total. The molecule has 0 unspecified atom stereocenters. The predicted octanol–water partition coefficient (Wildman–Crippen LogP) is 6.02. The maximum Gasteiger partial charge on any atom is 0.0349 e. The zero-order valence-corrected chi connectivity index (χ0v) is 12.5. The third-order valence-electron chi connectivity index (χ3n) is 3.18. The molecule has 0 aromatic carbocycles. The van der Waals surface area contributed by atoms with Gasteiger partial charge in [-0.3, -0.25) is 0 Å². The number of allylic oxidation sites excluding steroid dienone is 9. The second kappa shape index (κ2) is 6.53. The van der Waals surface area contributed by atoms with Gasteiger partial charge in [-0.2, -0.15) is 0 Å². The van der Waals surface area contributed by atoms with Crippen molar-refractivity contribution in [3.8, 4) is 0 Å². The van der Waals surface area contributed by atoms with Crippen LogP contribution in [0.5, 0.6) is 0 Å². The summed E-state index contributed by atoms with van der Waals surface area (Å²) >= 11 is 1.86. The standard InChI is InChI=1S/C18H20S/c1-4-6-9-15(5-2)17-11-12-18(19-17)16-10-7-8-14(3)13-16/h4-6,8-9,11-13H,2,7,10H2,1,3H3/b6-4-,15-9+. The molecule has 19 heavy (non-hydrogen) atoms. The molecule has 1 heteroatoms. The highest BCUT2D eigenvalue weighted by molar-refractivity contribution is 7.14. The van der Waals surface area contributed by atoms with Crippen LogP contribution < -0.4 is 0 Å². The van der Waals surface area contributed by atoms with E-state index in [2.05, 4.69) is 49.9 Å². The van der Waals surface area contributed by atoms with Crippen LogP contribution in [-0.4, -0.2) is 0 Å². The maximum atomic E-state index is 3.90. The zero-order chi connectivity index (χ0) is 13.7. The quantitative estimate of drug-likeness (QED) is 0.586. The van der Waals surface area contributed by atoms with Gasteiger partial charge in [-0.25, -0.2) is 0 Å². The molecular formula is C18H20S. The monoisotopic (exact) mass is 268 g/mol. The van der Waals surface area contributed by atoms with Crippen LogP contribution in [0.4, 0.5) is 0 Å². The van der Waals surface area contributed by atoms with Crippen molar-refractivity contribution in [3.63, 3.8) is 0 Å². The lowest BCUT2D eigenvalue weighted by atomic mass is 9.99. The third-order valence-corrected chi connectivity index (χ3v) is 4.39. The first-order valence-corrected chi connectivity index (χ1v) is 7.49. The molecule has 0 spiro atoms. The summed E-state index contributed by atoms with van der Waals surface area (Å²) < 4.78 is 0. The molecule has 0 amide bonds. The molecule has 1 heterocycles.